The lowest BCUT2D eigenvalue weighted by Crippen LogP contribution is -2.18. The van der Waals surface area contributed by atoms with Crippen molar-refractivity contribution in [2.24, 2.45) is 0 Å². The first-order chi connectivity index (χ1) is 12.5. The summed E-state index contributed by atoms with van der Waals surface area (Å²) in [5.74, 6) is -0.289. The van der Waals surface area contributed by atoms with E-state index < -0.39 is 0 Å². The highest BCUT2D eigenvalue weighted by molar-refractivity contribution is 7.14. The van der Waals surface area contributed by atoms with E-state index in [1.165, 1.54) is 18.3 Å². The number of aromatic nitrogens is 1. The van der Waals surface area contributed by atoms with Crippen molar-refractivity contribution in [3.63, 3.8) is 0 Å². The van der Waals surface area contributed by atoms with E-state index in [1.54, 1.807) is 24.3 Å². The summed E-state index contributed by atoms with van der Waals surface area (Å²) in [6.45, 7) is 1.98. The summed E-state index contributed by atoms with van der Waals surface area (Å²) in [6, 6.07) is 14.4. The Balaban J connectivity index is 1.66. The molecule has 7 heteroatoms. The summed E-state index contributed by atoms with van der Waals surface area (Å²) in [4.78, 5) is 27.6. The third-order valence-corrected chi connectivity index (χ3v) is 4.63. The number of nitrogens with zero attached hydrogens (tertiary/aromatic N) is 1. The Hall–Kier alpha value is -2.70. The van der Waals surface area contributed by atoms with Crippen molar-refractivity contribution in [1.82, 2.24) is 10.3 Å². The third kappa shape index (κ3) is 4.68. The van der Waals surface area contributed by atoms with Gasteiger partial charge in [0.25, 0.3) is 5.91 Å². The number of carbonyl (C=O) groups excluding carboxylic acids is 2. The van der Waals surface area contributed by atoms with E-state index in [0.717, 1.165) is 16.8 Å². The number of nitrogens with one attached hydrogen (secondary N) is 2. The molecule has 0 saturated carbocycles. The van der Waals surface area contributed by atoms with Crippen molar-refractivity contribution in [3.8, 4) is 11.3 Å². The zero-order valence-electron chi connectivity index (χ0n) is 14.0. The van der Waals surface area contributed by atoms with Crippen LogP contribution in [0.25, 0.3) is 11.3 Å². The van der Waals surface area contributed by atoms with Crippen LogP contribution in [0.2, 0.25) is 5.02 Å². The van der Waals surface area contributed by atoms with E-state index in [-0.39, 0.29) is 11.8 Å². The summed E-state index contributed by atoms with van der Waals surface area (Å²) in [6.07, 6.45) is 0. The van der Waals surface area contributed by atoms with Gasteiger partial charge in [-0.25, -0.2) is 4.98 Å². The first kappa shape index (κ1) is 18.1. The minimum absolute atomic E-state index is 0.0605. The molecule has 2 N–H and O–H groups in total. The highest BCUT2D eigenvalue weighted by atomic mass is 35.5. The minimum atomic E-state index is -0.228. The molecule has 3 rings (SSSR count). The average molecular weight is 386 g/mol. The van der Waals surface area contributed by atoms with E-state index in [0.29, 0.717) is 22.3 Å². The van der Waals surface area contributed by atoms with Crippen LogP contribution in [0.4, 0.5) is 5.13 Å². The Morgan fingerprint density at radius 2 is 1.77 bits per heavy atom. The Morgan fingerprint density at radius 1 is 1.08 bits per heavy atom. The molecule has 1 heterocycles. The lowest BCUT2D eigenvalue weighted by atomic mass is 10.1. The first-order valence-electron chi connectivity index (χ1n) is 7.87. The van der Waals surface area contributed by atoms with Crippen LogP contribution < -0.4 is 10.6 Å². The first-order valence-corrected chi connectivity index (χ1v) is 9.13. The predicted octanol–water partition coefficient (Wildman–Crippen LogP) is 4.35. The second-order valence-electron chi connectivity index (χ2n) is 5.61. The highest BCUT2D eigenvalue weighted by Crippen LogP contribution is 2.25. The zero-order chi connectivity index (χ0) is 18.5. The maximum Gasteiger partial charge on any atom is 0.257 e. The van der Waals surface area contributed by atoms with Gasteiger partial charge in [0.1, 0.15) is 0 Å². The number of benzene rings is 2. The zero-order valence-corrected chi connectivity index (χ0v) is 15.5. The van der Waals surface area contributed by atoms with Gasteiger partial charge in [0.15, 0.2) is 5.13 Å². The van der Waals surface area contributed by atoms with Crippen LogP contribution in [0.5, 0.6) is 0 Å². The molecule has 26 heavy (non-hydrogen) atoms. The van der Waals surface area contributed by atoms with Crippen LogP contribution in [-0.2, 0) is 11.3 Å². The fourth-order valence-electron chi connectivity index (χ4n) is 2.25. The van der Waals surface area contributed by atoms with Crippen molar-refractivity contribution in [1.29, 1.82) is 0 Å². The van der Waals surface area contributed by atoms with Gasteiger partial charge in [-0.1, -0.05) is 35.9 Å². The summed E-state index contributed by atoms with van der Waals surface area (Å²) in [5, 5.41) is 8.55. The van der Waals surface area contributed by atoms with Crippen LogP contribution in [0.3, 0.4) is 0 Å². The molecule has 2 amide bonds. The molecule has 3 aromatic rings. The molecule has 0 atom stereocenters. The lowest BCUT2D eigenvalue weighted by molar-refractivity contribution is -0.119. The van der Waals surface area contributed by atoms with Crippen molar-refractivity contribution >= 4 is 39.9 Å². The summed E-state index contributed by atoms with van der Waals surface area (Å²) in [5.41, 5.74) is 3.26. The molecule has 0 bridgehead atoms. The Labute approximate surface area is 160 Å². The number of amides is 2. The van der Waals surface area contributed by atoms with Gasteiger partial charge < -0.3 is 5.32 Å². The van der Waals surface area contributed by atoms with Crippen LogP contribution in [-0.4, -0.2) is 16.8 Å². The van der Waals surface area contributed by atoms with Gasteiger partial charge in [-0.2, -0.15) is 0 Å². The number of carbonyl (C=O) groups is 2. The number of halogens is 1. The van der Waals surface area contributed by atoms with E-state index in [1.807, 2.05) is 29.6 Å². The molecule has 0 aliphatic heterocycles. The maximum absolute atomic E-state index is 12.2. The summed E-state index contributed by atoms with van der Waals surface area (Å²) >= 11 is 7.19. The molecule has 0 aliphatic carbocycles. The van der Waals surface area contributed by atoms with Gasteiger partial charge in [0.2, 0.25) is 5.91 Å². The number of anilines is 1. The molecule has 2 aromatic carbocycles. The SMILES string of the molecule is CC(=O)NCc1ccc(-c2csc(NC(=O)c3ccc(Cl)cc3)n2)cc1. The second kappa shape index (κ2) is 8.12. The molecule has 0 aliphatic rings. The number of rotatable bonds is 5. The standard InChI is InChI=1S/C19H16ClN3O2S/c1-12(24)21-10-13-2-4-14(5-3-13)17-11-26-19(22-17)23-18(25)15-6-8-16(20)9-7-15/h2-9,11H,10H2,1H3,(H,21,24)(H,22,23,25). The lowest BCUT2D eigenvalue weighted by Gasteiger charge is -2.04. The molecule has 0 unspecified atom stereocenters. The van der Waals surface area contributed by atoms with Gasteiger partial charge in [0.05, 0.1) is 5.69 Å². The van der Waals surface area contributed by atoms with Crippen LogP contribution in [0.1, 0.15) is 22.8 Å². The third-order valence-electron chi connectivity index (χ3n) is 3.62. The smallest absolute Gasteiger partial charge is 0.257 e. The number of hydrogen-bond acceptors (Lipinski definition) is 4. The van der Waals surface area contributed by atoms with Crippen molar-refractivity contribution in [2.45, 2.75) is 13.5 Å². The van der Waals surface area contributed by atoms with Gasteiger partial charge in [0, 0.05) is 35.0 Å². The number of hydrogen-bond donors (Lipinski definition) is 2. The van der Waals surface area contributed by atoms with Crippen molar-refractivity contribution in [3.05, 3.63) is 70.1 Å². The molecule has 132 valence electrons. The van der Waals surface area contributed by atoms with Gasteiger partial charge >= 0.3 is 0 Å². The molecular formula is C19H16ClN3O2S. The molecule has 5 nitrogen and oxygen atoms in total. The largest absolute Gasteiger partial charge is 0.352 e. The molecular weight excluding hydrogens is 370 g/mol. The fraction of sp³-hybridized carbons (Fsp3) is 0.105. The van der Waals surface area contributed by atoms with E-state index in [4.69, 9.17) is 11.6 Å². The topological polar surface area (TPSA) is 71.1 Å². The molecule has 0 radical (unpaired) electrons. The van der Waals surface area contributed by atoms with E-state index in [9.17, 15) is 9.59 Å². The average Bonchev–Trinajstić information content (AvgIpc) is 3.09. The molecule has 0 fully saturated rings. The van der Waals surface area contributed by atoms with E-state index >= 15 is 0 Å². The quantitative estimate of drug-likeness (QED) is 0.685. The van der Waals surface area contributed by atoms with Crippen LogP contribution >= 0.6 is 22.9 Å². The van der Waals surface area contributed by atoms with Crippen LogP contribution in [0, 0.1) is 0 Å². The van der Waals surface area contributed by atoms with E-state index in [2.05, 4.69) is 15.6 Å². The summed E-state index contributed by atoms with van der Waals surface area (Å²) < 4.78 is 0. The molecule has 0 saturated heterocycles. The van der Waals surface area contributed by atoms with Crippen molar-refractivity contribution in [2.75, 3.05) is 5.32 Å². The monoisotopic (exact) mass is 385 g/mol. The van der Waals surface area contributed by atoms with Crippen LogP contribution in [0.15, 0.2) is 53.9 Å². The van der Waals surface area contributed by atoms with Gasteiger partial charge in [-0.15, -0.1) is 11.3 Å². The van der Waals surface area contributed by atoms with Gasteiger partial charge in [-0.05, 0) is 29.8 Å². The number of thiazole rings is 1. The Bertz CT molecular complexity index is 921. The second-order valence-corrected chi connectivity index (χ2v) is 6.90. The Morgan fingerprint density at radius 3 is 2.42 bits per heavy atom. The normalized spacial score (nSPS) is 10.4. The minimum Gasteiger partial charge on any atom is -0.352 e. The molecule has 0 spiro atoms. The Kier molecular flexibility index (Phi) is 5.65. The molecule has 1 aromatic heterocycles. The summed E-state index contributed by atoms with van der Waals surface area (Å²) in [7, 11) is 0. The maximum atomic E-state index is 12.2. The fourth-order valence-corrected chi connectivity index (χ4v) is 3.09. The van der Waals surface area contributed by atoms with Gasteiger partial charge in [-0.3, -0.25) is 14.9 Å². The van der Waals surface area contributed by atoms with Crippen molar-refractivity contribution < 1.29 is 9.59 Å². The highest BCUT2D eigenvalue weighted by Gasteiger charge is 2.10. The predicted molar refractivity (Wildman–Crippen MR) is 104 cm³/mol.